The normalized spacial score (nSPS) is 21.2. The van der Waals surface area contributed by atoms with Crippen LogP contribution in [0.3, 0.4) is 0 Å². The molecular formula is C9H8ClF3N2. The molecule has 1 heterocycles. The van der Waals surface area contributed by atoms with Crippen molar-refractivity contribution in [2.45, 2.75) is 25.4 Å². The number of rotatable bonds is 0. The van der Waals surface area contributed by atoms with Gasteiger partial charge in [0.15, 0.2) is 0 Å². The van der Waals surface area contributed by atoms with Gasteiger partial charge in [-0.2, -0.15) is 13.2 Å². The highest BCUT2D eigenvalue weighted by Crippen LogP contribution is 2.36. The van der Waals surface area contributed by atoms with Crippen molar-refractivity contribution in [1.82, 2.24) is 9.97 Å². The van der Waals surface area contributed by atoms with Crippen molar-refractivity contribution < 1.29 is 13.2 Å². The standard InChI is InChI=1S/C9H8ClF3N2/c10-8-14-4-5-1-2-6(9(11,12)13)3-7(5)15-8/h4,6H,1-3H2. The van der Waals surface area contributed by atoms with E-state index >= 15 is 0 Å². The van der Waals surface area contributed by atoms with Gasteiger partial charge in [0.25, 0.3) is 0 Å². The lowest BCUT2D eigenvalue weighted by Crippen LogP contribution is -2.29. The summed E-state index contributed by atoms with van der Waals surface area (Å²) in [5.74, 6) is -1.30. The smallest absolute Gasteiger partial charge is 0.226 e. The average molecular weight is 237 g/mol. The maximum absolute atomic E-state index is 12.5. The molecule has 0 aromatic carbocycles. The van der Waals surface area contributed by atoms with E-state index in [9.17, 15) is 13.2 Å². The molecule has 2 nitrogen and oxygen atoms in total. The van der Waals surface area contributed by atoms with Crippen molar-refractivity contribution in [2.75, 3.05) is 0 Å². The van der Waals surface area contributed by atoms with E-state index in [0.29, 0.717) is 12.1 Å². The third-order valence-electron chi connectivity index (χ3n) is 2.59. The molecule has 1 aliphatic rings. The van der Waals surface area contributed by atoms with E-state index in [1.54, 1.807) is 0 Å². The van der Waals surface area contributed by atoms with Crippen LogP contribution in [0.5, 0.6) is 0 Å². The topological polar surface area (TPSA) is 25.8 Å². The van der Waals surface area contributed by atoms with E-state index in [2.05, 4.69) is 9.97 Å². The zero-order chi connectivity index (χ0) is 11.1. The van der Waals surface area contributed by atoms with E-state index in [1.165, 1.54) is 6.20 Å². The zero-order valence-corrected chi connectivity index (χ0v) is 8.44. The van der Waals surface area contributed by atoms with Gasteiger partial charge >= 0.3 is 6.18 Å². The Morgan fingerprint density at radius 1 is 1.40 bits per heavy atom. The number of aromatic nitrogens is 2. The summed E-state index contributed by atoms with van der Waals surface area (Å²) in [6.45, 7) is 0. The largest absolute Gasteiger partial charge is 0.392 e. The summed E-state index contributed by atoms with van der Waals surface area (Å²) in [5.41, 5.74) is 1.21. The Morgan fingerprint density at radius 3 is 2.80 bits per heavy atom. The second kappa shape index (κ2) is 3.63. The van der Waals surface area contributed by atoms with Gasteiger partial charge in [0, 0.05) is 18.3 Å². The second-order valence-corrected chi connectivity index (χ2v) is 3.93. The molecule has 1 aromatic rings. The highest BCUT2D eigenvalue weighted by atomic mass is 35.5. The zero-order valence-electron chi connectivity index (χ0n) is 7.68. The van der Waals surface area contributed by atoms with Gasteiger partial charge in [-0.25, -0.2) is 9.97 Å². The fourth-order valence-electron chi connectivity index (χ4n) is 1.75. The van der Waals surface area contributed by atoms with Crippen molar-refractivity contribution in [3.8, 4) is 0 Å². The SMILES string of the molecule is FC(F)(F)C1CCc2cnc(Cl)nc2C1. The molecule has 0 aliphatic heterocycles. The second-order valence-electron chi connectivity index (χ2n) is 3.59. The third-order valence-corrected chi connectivity index (χ3v) is 2.77. The number of aryl methyl sites for hydroxylation is 1. The molecule has 0 spiro atoms. The van der Waals surface area contributed by atoms with Crippen LogP contribution in [0.4, 0.5) is 13.2 Å². The van der Waals surface area contributed by atoms with E-state index in [4.69, 9.17) is 11.6 Å². The van der Waals surface area contributed by atoms with Gasteiger partial charge in [0.2, 0.25) is 5.28 Å². The first-order valence-electron chi connectivity index (χ1n) is 4.54. The monoisotopic (exact) mass is 236 g/mol. The molecule has 0 saturated carbocycles. The van der Waals surface area contributed by atoms with Crippen LogP contribution in [0, 0.1) is 5.92 Å². The first kappa shape index (κ1) is 10.7. The Labute approximate surface area is 89.5 Å². The molecule has 1 aromatic heterocycles. The molecule has 0 N–H and O–H groups in total. The molecule has 82 valence electrons. The van der Waals surface area contributed by atoms with E-state index in [1.807, 2.05) is 0 Å². The minimum atomic E-state index is -4.14. The number of hydrogen-bond acceptors (Lipinski definition) is 2. The molecule has 1 aliphatic carbocycles. The maximum atomic E-state index is 12.5. The van der Waals surface area contributed by atoms with Crippen molar-refractivity contribution in [3.63, 3.8) is 0 Å². The van der Waals surface area contributed by atoms with Crippen molar-refractivity contribution >= 4 is 11.6 Å². The molecule has 1 atom stereocenters. The van der Waals surface area contributed by atoms with Crippen molar-refractivity contribution in [2.24, 2.45) is 5.92 Å². The predicted molar refractivity (Wildman–Crippen MR) is 48.6 cm³/mol. The summed E-state index contributed by atoms with van der Waals surface area (Å²) in [7, 11) is 0. The van der Waals surface area contributed by atoms with Gasteiger partial charge in [-0.3, -0.25) is 0 Å². The van der Waals surface area contributed by atoms with Gasteiger partial charge in [0.05, 0.1) is 5.92 Å². The molecule has 1 unspecified atom stereocenters. The molecule has 15 heavy (non-hydrogen) atoms. The van der Waals surface area contributed by atoms with E-state index in [-0.39, 0.29) is 18.1 Å². The number of hydrogen-bond donors (Lipinski definition) is 0. The van der Waals surface area contributed by atoms with Crippen molar-refractivity contribution in [3.05, 3.63) is 22.7 Å². The van der Waals surface area contributed by atoms with Crippen LogP contribution in [-0.2, 0) is 12.8 Å². The quantitative estimate of drug-likeness (QED) is 0.648. The molecule has 0 fully saturated rings. The van der Waals surface area contributed by atoms with Crippen LogP contribution in [0.15, 0.2) is 6.20 Å². The highest BCUT2D eigenvalue weighted by Gasteiger charge is 2.41. The summed E-state index contributed by atoms with van der Waals surface area (Å²) >= 11 is 5.54. The number of fused-ring (bicyclic) bond motifs is 1. The van der Waals surface area contributed by atoms with E-state index < -0.39 is 12.1 Å². The lowest BCUT2D eigenvalue weighted by molar-refractivity contribution is -0.177. The lowest BCUT2D eigenvalue weighted by Gasteiger charge is -2.25. The fraction of sp³-hybridized carbons (Fsp3) is 0.556. The highest BCUT2D eigenvalue weighted by molar-refractivity contribution is 6.28. The van der Waals surface area contributed by atoms with Gasteiger partial charge in [-0.05, 0) is 30.0 Å². The molecule has 2 rings (SSSR count). The van der Waals surface area contributed by atoms with Crippen molar-refractivity contribution in [1.29, 1.82) is 0 Å². The molecule has 6 heteroatoms. The first-order valence-corrected chi connectivity index (χ1v) is 4.91. The Balaban J connectivity index is 2.26. The average Bonchev–Trinajstić information content (AvgIpc) is 2.15. The Morgan fingerprint density at radius 2 is 2.13 bits per heavy atom. The summed E-state index contributed by atoms with van der Waals surface area (Å²) in [5, 5.41) is 0.0107. The van der Waals surface area contributed by atoms with Gasteiger partial charge in [0.1, 0.15) is 0 Å². The van der Waals surface area contributed by atoms with Gasteiger partial charge in [-0.15, -0.1) is 0 Å². The summed E-state index contributed by atoms with van der Waals surface area (Å²) in [6, 6.07) is 0. The van der Waals surface area contributed by atoms with Crippen LogP contribution >= 0.6 is 11.6 Å². The van der Waals surface area contributed by atoms with E-state index in [0.717, 1.165) is 5.56 Å². The number of halogens is 4. The summed E-state index contributed by atoms with van der Waals surface area (Å²) < 4.78 is 37.4. The maximum Gasteiger partial charge on any atom is 0.392 e. The van der Waals surface area contributed by atoms with Crippen LogP contribution in [0.25, 0.3) is 0 Å². The Hall–Kier alpha value is -0.840. The third kappa shape index (κ3) is 2.22. The van der Waals surface area contributed by atoms with Crippen LogP contribution in [0.1, 0.15) is 17.7 Å². The molecule has 0 saturated heterocycles. The Bertz CT molecular complexity index is 378. The van der Waals surface area contributed by atoms with Gasteiger partial charge < -0.3 is 0 Å². The molecule has 0 radical (unpaired) electrons. The minimum absolute atomic E-state index is 0.0107. The first-order chi connectivity index (χ1) is 6.97. The lowest BCUT2D eigenvalue weighted by atomic mass is 9.87. The number of nitrogens with zero attached hydrogens (tertiary/aromatic N) is 2. The summed E-state index contributed by atoms with van der Waals surface area (Å²) in [6.07, 6.45) is -2.23. The molecule has 0 bridgehead atoms. The molecular weight excluding hydrogens is 229 g/mol. The van der Waals surface area contributed by atoms with Crippen LogP contribution in [0.2, 0.25) is 5.28 Å². The fourth-order valence-corrected chi connectivity index (χ4v) is 1.90. The minimum Gasteiger partial charge on any atom is -0.226 e. The van der Waals surface area contributed by atoms with Gasteiger partial charge in [-0.1, -0.05) is 0 Å². The van der Waals surface area contributed by atoms with Crippen LogP contribution < -0.4 is 0 Å². The van der Waals surface area contributed by atoms with Crippen LogP contribution in [-0.4, -0.2) is 16.1 Å². The summed E-state index contributed by atoms with van der Waals surface area (Å²) in [4.78, 5) is 7.58. The predicted octanol–water partition coefficient (Wildman–Crippen LogP) is 2.80. The Kier molecular flexibility index (Phi) is 2.58. The number of alkyl halides is 3. The molecule has 0 amide bonds.